The molecule has 2 amide bonds. The van der Waals surface area contributed by atoms with E-state index in [1.165, 1.54) is 38.5 Å². The number of aromatic nitrogens is 2. The summed E-state index contributed by atoms with van der Waals surface area (Å²) in [6, 6.07) is 0.399. The van der Waals surface area contributed by atoms with E-state index in [-0.39, 0.29) is 12.1 Å². The average Bonchev–Trinajstić information content (AvgIpc) is 3.29. The Morgan fingerprint density at radius 1 is 1.25 bits per heavy atom. The van der Waals surface area contributed by atoms with Crippen molar-refractivity contribution in [1.82, 2.24) is 20.0 Å². The van der Waals surface area contributed by atoms with Crippen LogP contribution < -0.4 is 10.2 Å². The van der Waals surface area contributed by atoms with Crippen molar-refractivity contribution in [2.24, 2.45) is 12.5 Å². The first kappa shape index (κ1) is 15.8. The van der Waals surface area contributed by atoms with Gasteiger partial charge >= 0.3 is 6.03 Å². The second kappa shape index (κ2) is 6.30. The fourth-order valence-corrected chi connectivity index (χ4v) is 4.77. The van der Waals surface area contributed by atoms with Gasteiger partial charge in [-0.15, -0.1) is 0 Å². The van der Waals surface area contributed by atoms with Crippen molar-refractivity contribution in [1.29, 1.82) is 0 Å². The quantitative estimate of drug-likeness (QED) is 0.905. The Labute approximate surface area is 144 Å². The van der Waals surface area contributed by atoms with Gasteiger partial charge in [0, 0.05) is 45.5 Å². The first-order valence-electron chi connectivity index (χ1n) is 9.43. The topological polar surface area (TPSA) is 53.4 Å². The maximum atomic E-state index is 12.7. The summed E-state index contributed by atoms with van der Waals surface area (Å²) >= 11 is 0. The third kappa shape index (κ3) is 3.10. The zero-order valence-corrected chi connectivity index (χ0v) is 14.7. The molecule has 1 atom stereocenters. The van der Waals surface area contributed by atoms with Gasteiger partial charge in [0.15, 0.2) is 0 Å². The number of rotatable bonds is 2. The van der Waals surface area contributed by atoms with Crippen molar-refractivity contribution in [3.8, 4) is 0 Å². The standard InChI is InChI=1S/C18H29N5O/c1-21-13-16(11-19-21)22-9-5-15(12-22)20-17(24)23-10-8-18(14-23)6-3-2-4-7-18/h11,13,15H,2-10,12,14H2,1H3,(H,20,24)/t15-/m0/s1. The van der Waals surface area contributed by atoms with Crippen LogP contribution in [0, 0.1) is 5.41 Å². The van der Waals surface area contributed by atoms with Crippen LogP contribution >= 0.6 is 0 Å². The zero-order chi connectivity index (χ0) is 16.6. The highest BCUT2D eigenvalue weighted by molar-refractivity contribution is 5.75. The molecule has 1 saturated carbocycles. The zero-order valence-electron chi connectivity index (χ0n) is 14.7. The third-order valence-electron chi connectivity index (χ3n) is 6.21. The van der Waals surface area contributed by atoms with Crippen molar-refractivity contribution in [2.75, 3.05) is 31.1 Å². The van der Waals surface area contributed by atoms with Gasteiger partial charge in [-0.3, -0.25) is 4.68 Å². The molecule has 4 rings (SSSR count). The molecule has 2 aliphatic heterocycles. The Morgan fingerprint density at radius 3 is 2.83 bits per heavy atom. The Bertz CT molecular complexity index is 592. The van der Waals surface area contributed by atoms with Gasteiger partial charge < -0.3 is 15.1 Å². The van der Waals surface area contributed by atoms with Crippen LogP contribution in [0.15, 0.2) is 12.4 Å². The average molecular weight is 331 g/mol. The van der Waals surface area contributed by atoms with E-state index in [9.17, 15) is 4.79 Å². The number of carbonyl (C=O) groups excluding carboxylic acids is 1. The number of amides is 2. The van der Waals surface area contributed by atoms with Crippen LogP contribution in [0.2, 0.25) is 0 Å². The van der Waals surface area contributed by atoms with Crippen molar-refractivity contribution in [3.63, 3.8) is 0 Å². The Hall–Kier alpha value is -1.72. The lowest BCUT2D eigenvalue weighted by Gasteiger charge is -2.33. The molecule has 6 nitrogen and oxygen atoms in total. The van der Waals surface area contributed by atoms with E-state index in [1.807, 2.05) is 24.1 Å². The summed E-state index contributed by atoms with van der Waals surface area (Å²) in [4.78, 5) is 17.0. The highest BCUT2D eigenvalue weighted by Crippen LogP contribution is 2.43. The minimum Gasteiger partial charge on any atom is -0.367 e. The highest BCUT2D eigenvalue weighted by atomic mass is 16.2. The fourth-order valence-electron chi connectivity index (χ4n) is 4.77. The first-order valence-corrected chi connectivity index (χ1v) is 9.43. The maximum Gasteiger partial charge on any atom is 0.317 e. The van der Waals surface area contributed by atoms with Crippen molar-refractivity contribution < 1.29 is 4.79 Å². The molecule has 1 N–H and O–H groups in total. The monoisotopic (exact) mass is 331 g/mol. The van der Waals surface area contributed by atoms with Gasteiger partial charge in [-0.25, -0.2) is 4.79 Å². The fraction of sp³-hybridized carbons (Fsp3) is 0.778. The molecule has 3 heterocycles. The molecular formula is C18H29N5O. The van der Waals surface area contributed by atoms with Gasteiger partial charge in [-0.1, -0.05) is 19.3 Å². The molecule has 0 bridgehead atoms. The summed E-state index contributed by atoms with van der Waals surface area (Å²) in [5, 5.41) is 7.51. The van der Waals surface area contributed by atoms with E-state index in [4.69, 9.17) is 0 Å². The van der Waals surface area contributed by atoms with Gasteiger partial charge in [0.25, 0.3) is 0 Å². The van der Waals surface area contributed by atoms with Gasteiger partial charge in [0.05, 0.1) is 11.9 Å². The minimum absolute atomic E-state index is 0.149. The summed E-state index contributed by atoms with van der Waals surface area (Å²) in [6.07, 6.45) is 12.8. The number of hydrogen-bond donors (Lipinski definition) is 1. The summed E-state index contributed by atoms with van der Waals surface area (Å²) in [5.41, 5.74) is 1.59. The van der Waals surface area contributed by atoms with E-state index in [2.05, 4.69) is 20.2 Å². The molecule has 1 aromatic rings. The molecule has 0 unspecified atom stereocenters. The van der Waals surface area contributed by atoms with E-state index in [0.717, 1.165) is 38.3 Å². The van der Waals surface area contributed by atoms with E-state index in [1.54, 1.807) is 0 Å². The number of aryl methyl sites for hydroxylation is 1. The van der Waals surface area contributed by atoms with Gasteiger partial charge in [0.2, 0.25) is 0 Å². The van der Waals surface area contributed by atoms with Crippen molar-refractivity contribution in [2.45, 2.75) is 51.0 Å². The first-order chi connectivity index (χ1) is 11.6. The van der Waals surface area contributed by atoms with Crippen LogP contribution in [0.1, 0.15) is 44.9 Å². The van der Waals surface area contributed by atoms with E-state index < -0.39 is 0 Å². The number of urea groups is 1. The predicted octanol–water partition coefficient (Wildman–Crippen LogP) is 2.36. The number of nitrogens with one attached hydrogen (secondary N) is 1. The molecule has 0 aromatic carbocycles. The normalized spacial score (nSPS) is 26.3. The van der Waals surface area contributed by atoms with Gasteiger partial charge in [-0.05, 0) is 31.1 Å². The van der Waals surface area contributed by atoms with Gasteiger partial charge in [-0.2, -0.15) is 5.10 Å². The van der Waals surface area contributed by atoms with Gasteiger partial charge in [0.1, 0.15) is 0 Å². The van der Waals surface area contributed by atoms with E-state index in [0.29, 0.717) is 5.41 Å². The SMILES string of the molecule is Cn1cc(N2CC[C@H](NC(=O)N3CCC4(CCCCC4)C3)C2)cn1. The van der Waals surface area contributed by atoms with Crippen LogP contribution in [0.3, 0.4) is 0 Å². The number of hydrogen-bond acceptors (Lipinski definition) is 3. The van der Waals surface area contributed by atoms with Crippen LogP contribution in [0.5, 0.6) is 0 Å². The molecule has 1 aromatic heterocycles. The van der Waals surface area contributed by atoms with Crippen molar-refractivity contribution in [3.05, 3.63) is 12.4 Å². The number of likely N-dealkylation sites (tertiary alicyclic amines) is 1. The van der Waals surface area contributed by atoms with Crippen LogP contribution in [-0.4, -0.2) is 52.9 Å². The van der Waals surface area contributed by atoms with Crippen LogP contribution in [0.25, 0.3) is 0 Å². The lowest BCUT2D eigenvalue weighted by Crippen LogP contribution is -2.45. The minimum atomic E-state index is 0.149. The summed E-state index contributed by atoms with van der Waals surface area (Å²) in [6.45, 7) is 3.78. The van der Waals surface area contributed by atoms with Crippen LogP contribution in [-0.2, 0) is 7.05 Å². The lowest BCUT2D eigenvalue weighted by atomic mass is 9.73. The Kier molecular flexibility index (Phi) is 4.14. The molecular weight excluding hydrogens is 302 g/mol. The smallest absolute Gasteiger partial charge is 0.317 e. The van der Waals surface area contributed by atoms with Crippen LogP contribution in [0.4, 0.5) is 10.5 Å². The van der Waals surface area contributed by atoms with E-state index >= 15 is 0 Å². The summed E-state index contributed by atoms with van der Waals surface area (Å²) in [7, 11) is 1.94. The molecule has 2 saturated heterocycles. The molecule has 24 heavy (non-hydrogen) atoms. The molecule has 3 fully saturated rings. The molecule has 1 aliphatic carbocycles. The molecule has 6 heteroatoms. The lowest BCUT2D eigenvalue weighted by molar-refractivity contribution is 0.175. The number of nitrogens with zero attached hydrogens (tertiary/aromatic N) is 4. The molecule has 0 radical (unpaired) electrons. The molecule has 3 aliphatic rings. The summed E-state index contributed by atoms with van der Waals surface area (Å²) in [5.74, 6) is 0. The number of anilines is 1. The summed E-state index contributed by atoms with van der Waals surface area (Å²) < 4.78 is 1.83. The Balaban J connectivity index is 1.29. The van der Waals surface area contributed by atoms with Crippen molar-refractivity contribution >= 4 is 11.7 Å². The highest BCUT2D eigenvalue weighted by Gasteiger charge is 2.41. The second-order valence-electron chi connectivity index (χ2n) is 7.99. The molecule has 1 spiro atoms. The maximum absolute atomic E-state index is 12.7. The second-order valence-corrected chi connectivity index (χ2v) is 7.99. The molecule has 132 valence electrons. The predicted molar refractivity (Wildman–Crippen MR) is 94.1 cm³/mol. The largest absolute Gasteiger partial charge is 0.367 e. The Morgan fingerprint density at radius 2 is 2.08 bits per heavy atom. The number of carbonyl (C=O) groups is 1. The third-order valence-corrected chi connectivity index (χ3v) is 6.21.